The monoisotopic (exact) mass is 1160 g/mol. The number of carbonyl (C=O) groups excluding carboxylic acids is 4. The Morgan fingerprint density at radius 3 is 1.40 bits per heavy atom. The molecule has 0 saturated heterocycles. The molecule has 4 aromatic rings. The lowest BCUT2D eigenvalue weighted by Crippen LogP contribution is -2.26. The first-order chi connectivity index (χ1) is 37.3. The van der Waals surface area contributed by atoms with Gasteiger partial charge < -0.3 is 48.8 Å². The number of hydrogen-bond donors (Lipinski definition) is 4. The molecule has 23 heteroatoms. The average Bonchev–Trinajstić information content (AvgIpc) is 3.41. The summed E-state index contributed by atoms with van der Waals surface area (Å²) in [5.74, 6) is -2.83. The Balaban J connectivity index is -0.000000987. The number of ether oxygens (including phenoxy) is 6. The van der Waals surface area contributed by atoms with E-state index >= 15 is 0 Å². The molecule has 0 aliphatic heterocycles. The average molecular weight is 1160 g/mol. The van der Waals surface area contributed by atoms with E-state index in [0.717, 1.165) is 52.4 Å². The zero-order valence-corrected chi connectivity index (χ0v) is 46.9. The van der Waals surface area contributed by atoms with E-state index in [1.807, 2.05) is 64.1 Å². The van der Waals surface area contributed by atoms with Crippen LogP contribution < -0.4 is 9.47 Å². The Hall–Kier alpha value is -7.53. The summed E-state index contributed by atoms with van der Waals surface area (Å²) < 4.78 is 100. The molecule has 81 heavy (non-hydrogen) atoms. The van der Waals surface area contributed by atoms with Crippen LogP contribution in [0.1, 0.15) is 105 Å². The quantitative estimate of drug-likeness (QED) is 0.0234. The van der Waals surface area contributed by atoms with Gasteiger partial charge in [-0.3, -0.25) is 14.3 Å². The molecular weight excluding hydrogens is 1090 g/mol. The van der Waals surface area contributed by atoms with E-state index in [1.165, 1.54) is 5.56 Å². The second-order valence-corrected chi connectivity index (χ2v) is 17.7. The molecular formula is C58H77F7O16. The number of carboxylic acids is 2. The van der Waals surface area contributed by atoms with Gasteiger partial charge in [-0.15, -0.1) is 0 Å². The highest BCUT2D eigenvalue weighted by Gasteiger charge is 2.29. The van der Waals surface area contributed by atoms with Crippen LogP contribution in [0.15, 0.2) is 104 Å². The fraction of sp³-hybridized carbons (Fsp3) is 0.448. The summed E-state index contributed by atoms with van der Waals surface area (Å²) in [6.07, 6.45) is -5.92. The first-order valence-corrected chi connectivity index (χ1v) is 25.0. The number of fused-ring (bicyclic) bond motifs is 2. The second-order valence-electron chi connectivity index (χ2n) is 17.7. The molecule has 0 aliphatic carbocycles. The van der Waals surface area contributed by atoms with Crippen LogP contribution in [0.4, 0.5) is 31.0 Å². The minimum absolute atomic E-state index is 0. The van der Waals surface area contributed by atoms with Crippen molar-refractivity contribution in [3.8, 4) is 11.5 Å². The maximum absolute atomic E-state index is 12.0. The Kier molecular flexibility index (Phi) is 39.8. The van der Waals surface area contributed by atoms with Crippen molar-refractivity contribution < 1.29 is 109 Å². The highest BCUT2D eigenvalue weighted by molar-refractivity contribution is 5.87. The van der Waals surface area contributed by atoms with Gasteiger partial charge in [0.2, 0.25) is 0 Å². The summed E-state index contributed by atoms with van der Waals surface area (Å²) in [4.78, 5) is 63.5. The SMILES string of the molecule is C=C(C)C(=O)OCCO.C=CC(=O)O.C=Cc1ccc2cc(OCC(=O)OCCC(F)(F)F)ccc2c1.CCC(C)(C)C(=O)OCCO.CCC(C)C(=O)O.CCC(C)c1ccc2cc(OCC(=O)OCCC(F)(F)F)ccc2c1.F. The smallest absolute Gasteiger partial charge is 0.392 e. The van der Waals surface area contributed by atoms with E-state index < -0.39 is 86.9 Å². The minimum atomic E-state index is -4.34. The molecule has 0 radical (unpaired) electrons. The van der Waals surface area contributed by atoms with Crippen molar-refractivity contribution in [3.05, 3.63) is 115 Å². The maximum Gasteiger partial charge on any atom is 0.392 e. The summed E-state index contributed by atoms with van der Waals surface area (Å²) in [6.45, 7) is 22.7. The molecule has 4 rings (SSSR count). The van der Waals surface area contributed by atoms with Crippen molar-refractivity contribution >= 4 is 63.4 Å². The van der Waals surface area contributed by atoms with Gasteiger partial charge in [-0.05, 0) is 109 Å². The number of aliphatic hydroxyl groups is 2. The van der Waals surface area contributed by atoms with Crippen LogP contribution in [-0.4, -0.2) is 121 Å². The van der Waals surface area contributed by atoms with Crippen molar-refractivity contribution in [2.75, 3.05) is 52.9 Å². The predicted octanol–water partition coefficient (Wildman–Crippen LogP) is 12.2. The van der Waals surface area contributed by atoms with Crippen molar-refractivity contribution in [2.24, 2.45) is 11.3 Å². The lowest BCUT2D eigenvalue weighted by molar-refractivity contribution is -0.162. The maximum atomic E-state index is 12.0. The molecule has 0 heterocycles. The Labute approximate surface area is 467 Å². The molecule has 0 fully saturated rings. The number of esters is 4. The van der Waals surface area contributed by atoms with Crippen LogP contribution in [0, 0.1) is 11.3 Å². The first kappa shape index (κ1) is 77.7. The Morgan fingerprint density at radius 1 is 0.617 bits per heavy atom. The Morgan fingerprint density at radius 2 is 1.04 bits per heavy atom. The van der Waals surface area contributed by atoms with E-state index in [1.54, 1.807) is 44.2 Å². The number of hydrogen-bond acceptors (Lipinski definition) is 14. The van der Waals surface area contributed by atoms with Crippen LogP contribution in [0.2, 0.25) is 0 Å². The number of carbonyl (C=O) groups is 6. The molecule has 0 aromatic heterocycles. The molecule has 0 aliphatic rings. The molecule has 4 aromatic carbocycles. The summed E-state index contributed by atoms with van der Waals surface area (Å²) in [6, 6.07) is 22.6. The number of alkyl halides is 6. The van der Waals surface area contributed by atoms with Gasteiger partial charge >= 0.3 is 48.2 Å². The van der Waals surface area contributed by atoms with Gasteiger partial charge in [-0.25, -0.2) is 19.2 Å². The Bertz CT molecular complexity index is 2560. The number of halogens is 7. The normalized spacial score (nSPS) is 11.2. The summed E-state index contributed by atoms with van der Waals surface area (Å²) in [7, 11) is 0. The van der Waals surface area contributed by atoms with Crippen LogP contribution in [-0.2, 0) is 47.7 Å². The third kappa shape index (κ3) is 37.9. The van der Waals surface area contributed by atoms with Crippen LogP contribution in [0.3, 0.4) is 0 Å². The van der Waals surface area contributed by atoms with Crippen LogP contribution in [0.5, 0.6) is 11.5 Å². The predicted molar refractivity (Wildman–Crippen MR) is 293 cm³/mol. The van der Waals surface area contributed by atoms with E-state index in [-0.39, 0.29) is 43.0 Å². The fourth-order valence-corrected chi connectivity index (χ4v) is 5.18. The second kappa shape index (κ2) is 41.5. The largest absolute Gasteiger partial charge is 0.482 e. The molecule has 2 atom stereocenters. The fourth-order valence-electron chi connectivity index (χ4n) is 5.18. The molecule has 454 valence electrons. The lowest BCUT2D eigenvalue weighted by atomic mass is 9.91. The van der Waals surface area contributed by atoms with E-state index in [0.29, 0.717) is 23.0 Å². The van der Waals surface area contributed by atoms with Crippen molar-refractivity contribution in [1.29, 1.82) is 0 Å². The topological polar surface area (TPSA) is 239 Å². The van der Waals surface area contributed by atoms with Crippen molar-refractivity contribution in [1.82, 2.24) is 0 Å². The number of carboxylic acid groups (broad SMARTS) is 2. The summed E-state index contributed by atoms with van der Waals surface area (Å²) in [5, 5.41) is 36.3. The number of benzene rings is 4. The van der Waals surface area contributed by atoms with Gasteiger partial charge in [0.1, 0.15) is 37.9 Å². The molecule has 0 amide bonds. The molecule has 4 N–H and O–H groups in total. The minimum Gasteiger partial charge on any atom is -0.482 e. The third-order valence-electron chi connectivity index (χ3n) is 10.7. The van der Waals surface area contributed by atoms with Crippen LogP contribution >= 0.6 is 0 Å². The van der Waals surface area contributed by atoms with Gasteiger partial charge in [0.05, 0.1) is 37.4 Å². The zero-order chi connectivity index (χ0) is 61.6. The van der Waals surface area contributed by atoms with Crippen molar-refractivity contribution in [3.63, 3.8) is 0 Å². The zero-order valence-electron chi connectivity index (χ0n) is 46.9. The number of aliphatic carboxylic acids is 2. The summed E-state index contributed by atoms with van der Waals surface area (Å²) >= 11 is 0. The molecule has 0 spiro atoms. The third-order valence-corrected chi connectivity index (χ3v) is 10.7. The number of rotatable bonds is 23. The standard InChI is InChI=1S/C19H21F3O3.C17H15F3O3.C8H16O3.C6H10O3.C5H10O2.C3H4O2.FH/c1-3-13(2)14-4-5-16-11-17(7-6-15(16)10-14)25-12-18(23)24-9-8-19(20,21)22;1-2-12-3-4-14-10-15(6-5-13(14)9-12)23-11-16(21)22-8-7-17(18,19)20;1-4-8(2,3)7(10)11-6-5-9;1-5(2)6(8)9-4-3-7;1-3-4(2)5(6)7;1-2-3(4)5;/h4-7,10-11,13H,3,8-9,12H2,1-2H3;2-6,9-10H,1,7-8,11H2;9H,4-6H2,1-3H3;7H,1,3-4H2,2H3;4H,3H2,1-2H3,(H,6,7);2H,1H2,(H,4,5);1H. The highest BCUT2D eigenvalue weighted by atomic mass is 19.4. The highest BCUT2D eigenvalue weighted by Crippen LogP contribution is 2.27. The van der Waals surface area contributed by atoms with E-state index in [9.17, 15) is 55.1 Å². The molecule has 0 bridgehead atoms. The van der Waals surface area contributed by atoms with Crippen LogP contribution in [0.25, 0.3) is 27.6 Å². The lowest BCUT2D eigenvalue weighted by Gasteiger charge is -2.19. The molecule has 16 nitrogen and oxygen atoms in total. The van der Waals surface area contributed by atoms with Gasteiger partial charge in [0.25, 0.3) is 0 Å². The van der Waals surface area contributed by atoms with Crippen molar-refractivity contribution in [2.45, 2.75) is 106 Å². The molecule has 2 unspecified atom stereocenters. The first-order valence-electron chi connectivity index (χ1n) is 25.0. The van der Waals surface area contributed by atoms with Gasteiger partial charge in [0, 0.05) is 11.6 Å². The van der Waals surface area contributed by atoms with Gasteiger partial charge in [0.15, 0.2) is 13.2 Å². The van der Waals surface area contributed by atoms with Gasteiger partial charge in [-0.1, -0.05) is 103 Å². The molecule has 0 saturated carbocycles. The van der Waals surface area contributed by atoms with E-state index in [4.69, 9.17) is 34.6 Å². The summed E-state index contributed by atoms with van der Waals surface area (Å²) in [5.41, 5.74) is 2.18. The number of aliphatic hydroxyl groups excluding tert-OH is 2. The van der Waals surface area contributed by atoms with Gasteiger partial charge in [-0.2, -0.15) is 26.3 Å². The van der Waals surface area contributed by atoms with E-state index in [2.05, 4.69) is 59.9 Å².